The molecule has 0 atom stereocenters. The lowest BCUT2D eigenvalue weighted by molar-refractivity contribution is -0.120. The second-order valence-corrected chi connectivity index (χ2v) is 9.06. The van der Waals surface area contributed by atoms with E-state index in [-0.39, 0.29) is 23.7 Å². The Bertz CT molecular complexity index is 1250. The Morgan fingerprint density at radius 2 is 2.00 bits per heavy atom. The lowest BCUT2D eigenvalue weighted by Gasteiger charge is -2.31. The normalized spacial score (nSPS) is 14.4. The van der Waals surface area contributed by atoms with Gasteiger partial charge >= 0.3 is 0 Å². The summed E-state index contributed by atoms with van der Waals surface area (Å²) in [6.45, 7) is 5.76. The number of nitrogens with one attached hydrogen (secondary N) is 1. The number of ether oxygens (including phenoxy) is 1. The summed E-state index contributed by atoms with van der Waals surface area (Å²) in [5.41, 5.74) is 1.23. The van der Waals surface area contributed by atoms with E-state index in [0.717, 1.165) is 48.4 Å². The summed E-state index contributed by atoms with van der Waals surface area (Å²) in [5.74, 6) is 2.04. The molecular weight excluding hydrogens is 454 g/mol. The van der Waals surface area contributed by atoms with Gasteiger partial charge in [-0.1, -0.05) is 31.9 Å². The molecule has 180 valence electrons. The number of aromatic nitrogens is 3. The number of hydrogen-bond donors (Lipinski definition) is 1. The van der Waals surface area contributed by atoms with E-state index in [1.807, 2.05) is 18.2 Å². The van der Waals surface area contributed by atoms with Crippen molar-refractivity contribution in [3.05, 3.63) is 45.8 Å². The average Bonchev–Trinajstić information content (AvgIpc) is 2.86. The smallest absolute Gasteiger partial charge is 0.293 e. The van der Waals surface area contributed by atoms with E-state index in [1.54, 1.807) is 26.2 Å². The number of aryl methyl sites for hydroxylation is 1. The Hall–Kier alpha value is -3.13. The van der Waals surface area contributed by atoms with Gasteiger partial charge in [-0.2, -0.15) is 4.98 Å². The predicted molar refractivity (Wildman–Crippen MR) is 136 cm³/mol. The van der Waals surface area contributed by atoms with Gasteiger partial charge in [0.1, 0.15) is 11.6 Å². The molecule has 1 aromatic carbocycles. The molecule has 34 heavy (non-hydrogen) atoms. The third kappa shape index (κ3) is 5.17. The fraction of sp³-hybridized carbons (Fsp3) is 0.440. The molecule has 0 bridgehead atoms. The van der Waals surface area contributed by atoms with Crippen molar-refractivity contribution in [1.82, 2.24) is 14.5 Å². The SMILES string of the molecule is CCC(=O)COc1cc2cc(Nc3nc(N4CCC(CC)CC4)ncc3Cl)ccc2n(C)c1=O. The molecule has 3 heterocycles. The number of halogens is 1. The molecule has 1 saturated heterocycles. The first kappa shape index (κ1) is 24.0. The first-order chi connectivity index (χ1) is 16.4. The van der Waals surface area contributed by atoms with E-state index in [9.17, 15) is 9.59 Å². The first-order valence-corrected chi connectivity index (χ1v) is 12.1. The molecule has 3 aromatic rings. The van der Waals surface area contributed by atoms with Crippen LogP contribution in [0.3, 0.4) is 0 Å². The number of Topliss-reactive ketones (excluding diaryl/α,β-unsaturated/α-hetero) is 1. The standard InChI is InChI=1S/C25H30ClN5O3/c1-4-16-8-10-31(11-9-16)25-27-14-20(26)23(29-25)28-18-6-7-21-17(12-18)13-22(24(33)30(21)3)34-15-19(32)5-2/h6-7,12-14,16H,4-5,8-11,15H2,1-3H3,(H,27,28,29). The summed E-state index contributed by atoms with van der Waals surface area (Å²) < 4.78 is 7.02. The fourth-order valence-electron chi connectivity index (χ4n) is 4.17. The number of nitrogens with zero attached hydrogens (tertiary/aromatic N) is 4. The third-order valence-electron chi connectivity index (χ3n) is 6.44. The molecule has 0 saturated carbocycles. The van der Waals surface area contributed by atoms with Crippen LogP contribution in [-0.2, 0) is 11.8 Å². The maximum atomic E-state index is 12.6. The van der Waals surface area contributed by atoms with Crippen LogP contribution in [0.4, 0.5) is 17.5 Å². The molecule has 0 radical (unpaired) electrons. The van der Waals surface area contributed by atoms with Crippen LogP contribution >= 0.6 is 11.6 Å². The van der Waals surface area contributed by atoms with Crippen LogP contribution < -0.4 is 20.5 Å². The lowest BCUT2D eigenvalue weighted by Crippen LogP contribution is -2.34. The molecule has 2 aromatic heterocycles. The Balaban J connectivity index is 1.59. The highest BCUT2D eigenvalue weighted by Gasteiger charge is 2.20. The minimum absolute atomic E-state index is 0.0642. The highest BCUT2D eigenvalue weighted by Crippen LogP contribution is 2.29. The van der Waals surface area contributed by atoms with E-state index in [1.165, 1.54) is 11.0 Å². The largest absolute Gasteiger partial charge is 0.480 e. The minimum atomic E-state index is -0.285. The molecule has 1 fully saturated rings. The number of pyridine rings is 1. The van der Waals surface area contributed by atoms with Crippen molar-refractivity contribution < 1.29 is 9.53 Å². The van der Waals surface area contributed by atoms with E-state index in [4.69, 9.17) is 16.3 Å². The zero-order valence-electron chi connectivity index (χ0n) is 19.8. The van der Waals surface area contributed by atoms with E-state index in [2.05, 4.69) is 27.1 Å². The number of anilines is 3. The van der Waals surface area contributed by atoms with Gasteiger partial charge in [-0.15, -0.1) is 0 Å². The van der Waals surface area contributed by atoms with Crippen molar-refractivity contribution in [2.75, 3.05) is 29.9 Å². The molecule has 9 heteroatoms. The van der Waals surface area contributed by atoms with Crippen LogP contribution in [0.1, 0.15) is 39.5 Å². The summed E-state index contributed by atoms with van der Waals surface area (Å²) in [6, 6.07) is 7.28. The number of benzene rings is 1. The average molecular weight is 484 g/mol. The van der Waals surface area contributed by atoms with Gasteiger partial charge in [-0.25, -0.2) is 4.98 Å². The summed E-state index contributed by atoms with van der Waals surface area (Å²) >= 11 is 6.40. The van der Waals surface area contributed by atoms with Crippen molar-refractivity contribution in [1.29, 1.82) is 0 Å². The van der Waals surface area contributed by atoms with Crippen molar-refractivity contribution in [3.63, 3.8) is 0 Å². The van der Waals surface area contributed by atoms with Crippen LogP contribution in [0.25, 0.3) is 10.9 Å². The zero-order chi connectivity index (χ0) is 24.2. The number of fused-ring (bicyclic) bond motifs is 1. The summed E-state index contributed by atoms with van der Waals surface area (Å²) in [4.78, 5) is 35.6. The van der Waals surface area contributed by atoms with Gasteiger partial charge in [-0.3, -0.25) is 9.59 Å². The molecule has 0 amide bonds. The highest BCUT2D eigenvalue weighted by atomic mass is 35.5. The van der Waals surface area contributed by atoms with Crippen LogP contribution in [0.5, 0.6) is 5.75 Å². The summed E-state index contributed by atoms with van der Waals surface area (Å²) in [6.07, 6.45) is 5.48. The number of ketones is 1. The number of carbonyl (C=O) groups excluding carboxylic acids is 1. The molecule has 4 rings (SSSR count). The monoisotopic (exact) mass is 483 g/mol. The van der Waals surface area contributed by atoms with Crippen molar-refractivity contribution in [2.24, 2.45) is 13.0 Å². The number of piperidine rings is 1. The topological polar surface area (TPSA) is 89.3 Å². The highest BCUT2D eigenvalue weighted by molar-refractivity contribution is 6.32. The fourth-order valence-corrected chi connectivity index (χ4v) is 4.31. The summed E-state index contributed by atoms with van der Waals surface area (Å²) in [5, 5.41) is 4.50. The third-order valence-corrected chi connectivity index (χ3v) is 6.72. The molecule has 8 nitrogen and oxygen atoms in total. The Morgan fingerprint density at radius 1 is 1.24 bits per heavy atom. The van der Waals surface area contributed by atoms with E-state index in [0.29, 0.717) is 23.2 Å². The van der Waals surface area contributed by atoms with Gasteiger partial charge in [-0.05, 0) is 43.0 Å². The molecule has 0 aliphatic carbocycles. The molecule has 1 aliphatic heterocycles. The predicted octanol–water partition coefficient (Wildman–Crippen LogP) is 4.71. The quantitative estimate of drug-likeness (QED) is 0.496. The molecule has 1 N–H and O–H groups in total. The molecule has 0 unspecified atom stereocenters. The summed E-state index contributed by atoms with van der Waals surface area (Å²) in [7, 11) is 1.68. The van der Waals surface area contributed by atoms with Crippen LogP contribution in [0, 0.1) is 5.92 Å². The van der Waals surface area contributed by atoms with Gasteiger partial charge < -0.3 is 19.5 Å². The van der Waals surface area contributed by atoms with Crippen LogP contribution in [-0.4, -0.2) is 40.0 Å². The Labute approximate surface area is 203 Å². The van der Waals surface area contributed by atoms with Gasteiger partial charge in [0.15, 0.2) is 17.4 Å². The maximum absolute atomic E-state index is 12.6. The van der Waals surface area contributed by atoms with Gasteiger partial charge in [0, 0.05) is 37.6 Å². The molecule has 0 spiro atoms. The van der Waals surface area contributed by atoms with Crippen molar-refractivity contribution in [2.45, 2.75) is 39.5 Å². The minimum Gasteiger partial charge on any atom is -0.480 e. The molecule has 1 aliphatic rings. The Morgan fingerprint density at radius 3 is 2.71 bits per heavy atom. The van der Waals surface area contributed by atoms with E-state index < -0.39 is 0 Å². The van der Waals surface area contributed by atoms with Crippen LogP contribution in [0.2, 0.25) is 5.02 Å². The second-order valence-electron chi connectivity index (χ2n) is 8.66. The lowest BCUT2D eigenvalue weighted by atomic mass is 9.95. The first-order valence-electron chi connectivity index (χ1n) is 11.7. The molecular formula is C25H30ClN5O3. The zero-order valence-corrected chi connectivity index (χ0v) is 20.6. The van der Waals surface area contributed by atoms with Crippen molar-refractivity contribution in [3.8, 4) is 5.75 Å². The van der Waals surface area contributed by atoms with Gasteiger partial charge in [0.25, 0.3) is 5.56 Å². The maximum Gasteiger partial charge on any atom is 0.293 e. The van der Waals surface area contributed by atoms with Gasteiger partial charge in [0.2, 0.25) is 5.95 Å². The number of carbonyl (C=O) groups is 1. The number of hydrogen-bond acceptors (Lipinski definition) is 7. The van der Waals surface area contributed by atoms with Crippen molar-refractivity contribution >= 4 is 45.7 Å². The number of rotatable bonds is 8. The van der Waals surface area contributed by atoms with Gasteiger partial charge in [0.05, 0.1) is 11.7 Å². The van der Waals surface area contributed by atoms with E-state index >= 15 is 0 Å². The van der Waals surface area contributed by atoms with Crippen LogP contribution in [0.15, 0.2) is 35.3 Å². The Kier molecular flexibility index (Phi) is 7.36. The second kappa shape index (κ2) is 10.4.